The molecule has 3 heteroatoms. The summed E-state index contributed by atoms with van der Waals surface area (Å²) in [6.45, 7) is 12.8. The van der Waals surface area contributed by atoms with Crippen molar-refractivity contribution >= 4 is 7.28 Å². The minimum Gasteiger partial charge on any atom is -0.351 e. The summed E-state index contributed by atoms with van der Waals surface area (Å²) in [6.07, 6.45) is 6.32. The zero-order valence-corrected chi connectivity index (χ0v) is 10.5. The molecule has 0 fully saturated rings. The number of hydrogen-bond donors (Lipinski definition) is 1. The molecule has 0 saturated carbocycles. The molecule has 0 spiro atoms. The Labute approximate surface area is 89.8 Å². The van der Waals surface area contributed by atoms with Crippen molar-refractivity contribution in [1.29, 1.82) is 0 Å². The number of aromatic amines is 1. The molecule has 1 radical (unpaired) electrons. The summed E-state index contributed by atoms with van der Waals surface area (Å²) in [5.41, 5.74) is 0. The Bertz CT molecular complexity index is 148. The Morgan fingerprint density at radius 3 is 2.00 bits per heavy atom. The van der Waals surface area contributed by atoms with Crippen LogP contribution in [-0.2, 0) is 0 Å². The number of H-pyrrole nitrogens is 1. The first-order chi connectivity index (χ1) is 6.62. The Balaban J connectivity index is 0. The molecule has 0 aliphatic heterocycles. The van der Waals surface area contributed by atoms with E-state index in [1.807, 2.05) is 13.8 Å². The third kappa shape index (κ3) is 11.3. The molecule has 0 aliphatic rings. The molecule has 1 aromatic rings. The number of imidazole rings is 1. The molecule has 81 valence electrons. The molecule has 1 rings (SSSR count). The van der Waals surface area contributed by atoms with Crippen molar-refractivity contribution in [2.75, 3.05) is 0 Å². The van der Waals surface area contributed by atoms with Gasteiger partial charge in [0, 0.05) is 12.4 Å². The van der Waals surface area contributed by atoms with Crippen LogP contribution in [0.1, 0.15) is 41.0 Å². The Hall–Kier alpha value is -0.725. The highest BCUT2D eigenvalue weighted by atomic mass is 14.8. The van der Waals surface area contributed by atoms with Gasteiger partial charge in [0.1, 0.15) is 7.28 Å². The average Bonchev–Trinajstić information content (AvgIpc) is 2.79. The summed E-state index contributed by atoms with van der Waals surface area (Å²) in [5, 5.41) is 0.458. The van der Waals surface area contributed by atoms with Crippen LogP contribution in [0.25, 0.3) is 0 Å². The maximum Gasteiger partial charge on any atom is 0.113 e. The van der Waals surface area contributed by atoms with E-state index in [0.29, 0.717) is 5.31 Å². The van der Waals surface area contributed by atoms with Crippen molar-refractivity contribution in [3.63, 3.8) is 0 Å². The van der Waals surface area contributed by atoms with Gasteiger partial charge in [-0.1, -0.05) is 53.2 Å². The van der Waals surface area contributed by atoms with Crippen molar-refractivity contribution in [2.24, 2.45) is 0 Å². The number of nitrogens with one attached hydrogen (secondary N) is 1. The van der Waals surface area contributed by atoms with Crippen LogP contribution in [-0.4, -0.2) is 17.2 Å². The van der Waals surface area contributed by atoms with Crippen molar-refractivity contribution in [3.8, 4) is 0 Å². The zero-order valence-electron chi connectivity index (χ0n) is 10.5. The quantitative estimate of drug-likeness (QED) is 0.714. The maximum atomic E-state index is 3.67. The van der Waals surface area contributed by atoms with Gasteiger partial charge in [0.2, 0.25) is 0 Å². The van der Waals surface area contributed by atoms with Crippen LogP contribution in [0.2, 0.25) is 12.1 Å². The van der Waals surface area contributed by atoms with Crippen molar-refractivity contribution in [1.82, 2.24) is 9.97 Å². The molecule has 0 aliphatic carbocycles. The van der Waals surface area contributed by atoms with Gasteiger partial charge in [-0.05, 0) is 0 Å². The maximum absolute atomic E-state index is 3.67. The summed E-state index contributed by atoms with van der Waals surface area (Å²) in [6, 6.07) is 0. The third-order valence-electron chi connectivity index (χ3n) is 2.10. The fourth-order valence-corrected chi connectivity index (χ4v) is 0.419. The molecular weight excluding hydrogens is 171 g/mol. The van der Waals surface area contributed by atoms with Gasteiger partial charge in [-0.25, -0.2) is 4.98 Å². The molecule has 14 heavy (non-hydrogen) atoms. The zero-order chi connectivity index (χ0) is 11.4. The fraction of sp³-hybridized carbons (Fsp3) is 0.727. The van der Waals surface area contributed by atoms with E-state index in [1.165, 1.54) is 6.42 Å². The normalized spacial score (nSPS) is 9.00. The van der Waals surface area contributed by atoms with Crippen molar-refractivity contribution < 1.29 is 0 Å². The van der Waals surface area contributed by atoms with Crippen LogP contribution in [0.4, 0.5) is 0 Å². The third-order valence-corrected chi connectivity index (χ3v) is 2.10. The molecule has 1 aromatic heterocycles. The molecule has 0 amide bonds. The number of nitrogens with zero attached hydrogens (tertiary/aromatic N) is 1. The lowest BCUT2D eigenvalue weighted by atomic mass is 9.55. The largest absolute Gasteiger partial charge is 0.351 e. The van der Waals surface area contributed by atoms with E-state index < -0.39 is 0 Å². The highest BCUT2D eigenvalue weighted by Crippen LogP contribution is 2.25. The van der Waals surface area contributed by atoms with E-state index in [-0.39, 0.29) is 0 Å². The van der Waals surface area contributed by atoms with Crippen molar-refractivity contribution in [2.45, 2.75) is 53.2 Å². The summed E-state index contributed by atoms with van der Waals surface area (Å²) < 4.78 is 0. The van der Waals surface area contributed by atoms with E-state index in [2.05, 4.69) is 44.8 Å². The second-order valence-electron chi connectivity index (χ2n) is 3.39. The second kappa shape index (κ2) is 10.4. The Morgan fingerprint density at radius 2 is 1.93 bits per heavy atom. The Morgan fingerprint density at radius 1 is 1.36 bits per heavy atom. The fourth-order valence-electron chi connectivity index (χ4n) is 0.419. The van der Waals surface area contributed by atoms with Crippen LogP contribution < -0.4 is 0 Å². The summed E-state index contributed by atoms with van der Waals surface area (Å²) >= 11 is 0. The van der Waals surface area contributed by atoms with Crippen molar-refractivity contribution in [3.05, 3.63) is 18.7 Å². The molecule has 1 heterocycles. The van der Waals surface area contributed by atoms with E-state index in [9.17, 15) is 0 Å². The molecule has 2 nitrogen and oxygen atoms in total. The van der Waals surface area contributed by atoms with Crippen LogP contribution in [0.3, 0.4) is 0 Å². The lowest BCUT2D eigenvalue weighted by Gasteiger charge is -2.17. The van der Waals surface area contributed by atoms with Crippen LogP contribution in [0.15, 0.2) is 18.7 Å². The predicted octanol–water partition coefficient (Wildman–Crippen LogP) is 3.78. The molecule has 0 unspecified atom stereocenters. The molecular formula is C11H24BN2. The first-order valence-electron chi connectivity index (χ1n) is 5.35. The van der Waals surface area contributed by atoms with Crippen LogP contribution in [0, 0.1) is 0 Å². The topological polar surface area (TPSA) is 28.7 Å². The molecule has 1 N–H and O–H groups in total. The molecule has 0 atom stereocenters. The van der Waals surface area contributed by atoms with E-state index in [0.717, 1.165) is 0 Å². The highest BCUT2D eigenvalue weighted by Gasteiger charge is 2.10. The summed E-state index contributed by atoms with van der Waals surface area (Å²) in [4.78, 5) is 6.42. The smallest absolute Gasteiger partial charge is 0.113 e. The van der Waals surface area contributed by atoms with Gasteiger partial charge in [-0.3, -0.25) is 0 Å². The van der Waals surface area contributed by atoms with E-state index in [1.54, 1.807) is 18.7 Å². The first-order valence-corrected chi connectivity index (χ1v) is 5.35. The van der Waals surface area contributed by atoms with Gasteiger partial charge < -0.3 is 4.98 Å². The lowest BCUT2D eigenvalue weighted by Crippen LogP contribution is -2.06. The standard InChI is InChI=1S/C6H14B.C3H4N2.C2H6/c1-5-6(2,3)7-4;1-2-5-3-4-1;1-2/h5H2,1-4H3;1-3H,(H,4,5);1-2H3. The monoisotopic (exact) mass is 195 g/mol. The lowest BCUT2D eigenvalue weighted by molar-refractivity contribution is 0.645. The number of aromatic nitrogens is 2. The molecule has 0 aromatic carbocycles. The highest BCUT2D eigenvalue weighted by molar-refractivity contribution is 6.37. The van der Waals surface area contributed by atoms with Crippen LogP contribution >= 0.6 is 0 Å². The van der Waals surface area contributed by atoms with Gasteiger partial charge in [0.15, 0.2) is 0 Å². The van der Waals surface area contributed by atoms with Gasteiger partial charge in [-0.2, -0.15) is 0 Å². The van der Waals surface area contributed by atoms with Gasteiger partial charge in [-0.15, -0.1) is 0 Å². The number of rotatable bonds is 2. The molecule has 0 saturated heterocycles. The average molecular weight is 195 g/mol. The van der Waals surface area contributed by atoms with E-state index >= 15 is 0 Å². The van der Waals surface area contributed by atoms with E-state index in [4.69, 9.17) is 0 Å². The first kappa shape index (κ1) is 15.7. The van der Waals surface area contributed by atoms with Gasteiger partial charge in [0.05, 0.1) is 6.33 Å². The minimum atomic E-state index is 0.458. The second-order valence-corrected chi connectivity index (χ2v) is 3.39. The predicted molar refractivity (Wildman–Crippen MR) is 65.9 cm³/mol. The summed E-state index contributed by atoms with van der Waals surface area (Å²) in [5.74, 6) is 0. The SMILES string of the molecule is CC.C[B]C(C)(C)CC.c1c[nH]cn1. The molecule has 0 bridgehead atoms. The number of hydrogen-bond acceptors (Lipinski definition) is 1. The van der Waals surface area contributed by atoms with Gasteiger partial charge in [0.25, 0.3) is 0 Å². The van der Waals surface area contributed by atoms with Crippen LogP contribution in [0.5, 0.6) is 0 Å². The minimum absolute atomic E-state index is 0.458. The Kier molecular flexibility index (Phi) is 11.6. The van der Waals surface area contributed by atoms with Gasteiger partial charge >= 0.3 is 0 Å². The summed E-state index contributed by atoms with van der Waals surface area (Å²) in [7, 11) is 2.24.